The van der Waals surface area contributed by atoms with Gasteiger partial charge in [-0.25, -0.2) is 0 Å². The zero-order chi connectivity index (χ0) is 24.8. The van der Waals surface area contributed by atoms with E-state index in [0.29, 0.717) is 35.8 Å². The van der Waals surface area contributed by atoms with Crippen molar-refractivity contribution in [2.24, 2.45) is 0 Å². The Morgan fingerprint density at radius 3 is 2.49 bits per heavy atom. The van der Waals surface area contributed by atoms with Crippen molar-refractivity contribution in [1.29, 1.82) is 0 Å². The summed E-state index contributed by atoms with van der Waals surface area (Å²) in [4.78, 5) is 31.9. The molecule has 1 aliphatic rings. The van der Waals surface area contributed by atoms with E-state index < -0.39 is 17.7 Å². The van der Waals surface area contributed by atoms with Crippen LogP contribution in [-0.2, 0) is 16.1 Å². The largest absolute Gasteiger partial charge is 0.507 e. The summed E-state index contributed by atoms with van der Waals surface area (Å²) in [6.07, 6.45) is 4.91. The lowest BCUT2D eigenvalue weighted by Gasteiger charge is -2.25. The van der Waals surface area contributed by atoms with Gasteiger partial charge in [0.25, 0.3) is 11.7 Å². The molecule has 178 valence electrons. The smallest absolute Gasteiger partial charge is 0.295 e. The molecule has 0 radical (unpaired) electrons. The maximum absolute atomic E-state index is 13.2. The molecule has 1 N–H and O–H groups in total. The molecule has 0 aliphatic carbocycles. The minimum atomic E-state index is -0.785. The number of hydrogen-bond donors (Lipinski definition) is 1. The first-order chi connectivity index (χ1) is 17.0. The van der Waals surface area contributed by atoms with Gasteiger partial charge < -0.3 is 19.5 Å². The highest BCUT2D eigenvalue weighted by Crippen LogP contribution is 2.41. The zero-order valence-corrected chi connectivity index (χ0v) is 19.4. The summed E-state index contributed by atoms with van der Waals surface area (Å²) in [6, 6.07) is 16.7. The number of rotatable bonds is 9. The van der Waals surface area contributed by atoms with E-state index in [0.717, 1.165) is 5.56 Å². The van der Waals surface area contributed by atoms with Crippen LogP contribution in [0.3, 0.4) is 0 Å². The maximum Gasteiger partial charge on any atom is 0.295 e. The van der Waals surface area contributed by atoms with Crippen LogP contribution in [0, 0.1) is 0 Å². The SMILES string of the molecule is C=CCOc1ccc(C2C(=C(O)c3cccc(OCC)c3)C(=O)C(=O)N2Cc2ccncc2)cc1. The molecular formula is C28H26N2O5. The lowest BCUT2D eigenvalue weighted by molar-refractivity contribution is -0.140. The number of amides is 1. The first kappa shape index (κ1) is 23.8. The quantitative estimate of drug-likeness (QED) is 0.212. The number of pyridine rings is 1. The normalized spacial score (nSPS) is 16.8. The van der Waals surface area contributed by atoms with Gasteiger partial charge in [0.1, 0.15) is 23.9 Å². The summed E-state index contributed by atoms with van der Waals surface area (Å²) >= 11 is 0. The van der Waals surface area contributed by atoms with Crippen molar-refractivity contribution in [1.82, 2.24) is 9.88 Å². The molecule has 1 atom stereocenters. The van der Waals surface area contributed by atoms with Crippen molar-refractivity contribution in [2.45, 2.75) is 19.5 Å². The van der Waals surface area contributed by atoms with E-state index >= 15 is 0 Å². The lowest BCUT2D eigenvalue weighted by atomic mass is 9.95. The lowest BCUT2D eigenvalue weighted by Crippen LogP contribution is -2.29. The highest BCUT2D eigenvalue weighted by atomic mass is 16.5. The highest BCUT2D eigenvalue weighted by Gasteiger charge is 2.46. The van der Waals surface area contributed by atoms with Crippen molar-refractivity contribution in [3.63, 3.8) is 0 Å². The van der Waals surface area contributed by atoms with Crippen molar-refractivity contribution in [3.05, 3.63) is 108 Å². The third-order valence-corrected chi connectivity index (χ3v) is 5.62. The zero-order valence-electron chi connectivity index (χ0n) is 19.4. The first-order valence-corrected chi connectivity index (χ1v) is 11.3. The number of carbonyl (C=O) groups is 2. The monoisotopic (exact) mass is 470 g/mol. The molecule has 7 heteroatoms. The first-order valence-electron chi connectivity index (χ1n) is 11.3. The number of aliphatic hydroxyl groups is 1. The fraction of sp³-hybridized carbons (Fsp3) is 0.179. The molecule has 2 heterocycles. The Morgan fingerprint density at radius 1 is 1.06 bits per heavy atom. The molecule has 1 aromatic heterocycles. The molecule has 1 fully saturated rings. The van der Waals surface area contributed by atoms with Gasteiger partial charge in [-0.05, 0) is 54.4 Å². The third kappa shape index (κ3) is 5.09. The molecule has 1 unspecified atom stereocenters. The van der Waals surface area contributed by atoms with Gasteiger partial charge in [0.05, 0.1) is 18.2 Å². The van der Waals surface area contributed by atoms with E-state index in [1.165, 1.54) is 4.90 Å². The maximum atomic E-state index is 13.2. The second-order valence-corrected chi connectivity index (χ2v) is 7.91. The molecule has 7 nitrogen and oxygen atoms in total. The number of nitrogens with zero attached hydrogens (tertiary/aromatic N) is 2. The van der Waals surface area contributed by atoms with Gasteiger partial charge in [0, 0.05) is 24.5 Å². The fourth-order valence-corrected chi connectivity index (χ4v) is 4.03. The van der Waals surface area contributed by atoms with Crippen molar-refractivity contribution in [2.75, 3.05) is 13.2 Å². The second kappa shape index (κ2) is 10.7. The van der Waals surface area contributed by atoms with Gasteiger partial charge in [0.15, 0.2) is 0 Å². The second-order valence-electron chi connectivity index (χ2n) is 7.91. The number of aliphatic hydroxyl groups excluding tert-OH is 1. The molecule has 1 amide bonds. The van der Waals surface area contributed by atoms with Gasteiger partial charge in [-0.1, -0.05) is 36.9 Å². The molecule has 0 saturated carbocycles. The summed E-state index contributed by atoms with van der Waals surface area (Å²) in [5.74, 6) is -0.484. The summed E-state index contributed by atoms with van der Waals surface area (Å²) in [6.45, 7) is 6.50. The van der Waals surface area contributed by atoms with Gasteiger partial charge in [-0.15, -0.1) is 0 Å². The van der Waals surface area contributed by atoms with Crippen molar-refractivity contribution in [3.8, 4) is 11.5 Å². The minimum Gasteiger partial charge on any atom is -0.507 e. The highest BCUT2D eigenvalue weighted by molar-refractivity contribution is 6.46. The van der Waals surface area contributed by atoms with E-state index in [1.807, 2.05) is 6.92 Å². The van der Waals surface area contributed by atoms with E-state index in [4.69, 9.17) is 9.47 Å². The summed E-state index contributed by atoms with van der Waals surface area (Å²) in [5.41, 5.74) is 1.91. The van der Waals surface area contributed by atoms with Gasteiger partial charge in [-0.3, -0.25) is 14.6 Å². The molecular weight excluding hydrogens is 444 g/mol. The third-order valence-electron chi connectivity index (χ3n) is 5.62. The molecule has 35 heavy (non-hydrogen) atoms. The van der Waals surface area contributed by atoms with Crippen LogP contribution < -0.4 is 9.47 Å². The standard InChI is InChI=1S/C28H26N2O5/c1-3-16-35-22-10-8-20(9-11-22)25-24(26(31)21-6-5-7-23(17-21)34-4-2)27(32)28(33)30(25)18-19-12-14-29-15-13-19/h3,5-15,17,25,31H,1,4,16,18H2,2H3. The Balaban J connectivity index is 1.81. The van der Waals surface area contributed by atoms with Crippen LogP contribution in [0.4, 0.5) is 0 Å². The minimum absolute atomic E-state index is 0.0254. The number of ketones is 1. The number of likely N-dealkylation sites (tertiary alicyclic amines) is 1. The van der Waals surface area contributed by atoms with Crippen LogP contribution in [-0.4, -0.2) is 39.9 Å². The molecule has 2 aromatic carbocycles. The Hall–Kier alpha value is -4.39. The van der Waals surface area contributed by atoms with Crippen LogP contribution in [0.5, 0.6) is 11.5 Å². The number of benzene rings is 2. The van der Waals surface area contributed by atoms with Crippen molar-refractivity contribution < 1.29 is 24.2 Å². The molecule has 0 bridgehead atoms. The molecule has 0 spiro atoms. The Labute approximate surface area is 203 Å². The van der Waals surface area contributed by atoms with Crippen LogP contribution in [0.25, 0.3) is 5.76 Å². The Bertz CT molecular complexity index is 1250. The average molecular weight is 471 g/mol. The number of Topliss-reactive ketones (excluding diaryl/α,β-unsaturated/α-hetero) is 1. The van der Waals surface area contributed by atoms with E-state index in [2.05, 4.69) is 11.6 Å². The van der Waals surface area contributed by atoms with E-state index in [-0.39, 0.29) is 17.9 Å². The number of ether oxygens (including phenoxy) is 2. The van der Waals surface area contributed by atoms with Crippen LogP contribution in [0.15, 0.2) is 91.3 Å². The number of carbonyl (C=O) groups excluding carboxylic acids is 2. The summed E-state index contributed by atoms with van der Waals surface area (Å²) < 4.78 is 11.1. The summed E-state index contributed by atoms with van der Waals surface area (Å²) in [7, 11) is 0. The average Bonchev–Trinajstić information content (AvgIpc) is 3.13. The topological polar surface area (TPSA) is 89.0 Å². The predicted octanol–water partition coefficient (Wildman–Crippen LogP) is 4.67. The molecule has 4 rings (SSSR count). The van der Waals surface area contributed by atoms with Crippen LogP contribution in [0.1, 0.15) is 29.7 Å². The number of aromatic nitrogens is 1. The van der Waals surface area contributed by atoms with Crippen LogP contribution in [0.2, 0.25) is 0 Å². The Kier molecular flexibility index (Phi) is 7.26. The summed E-state index contributed by atoms with van der Waals surface area (Å²) in [5, 5.41) is 11.3. The van der Waals surface area contributed by atoms with Gasteiger partial charge >= 0.3 is 0 Å². The van der Waals surface area contributed by atoms with Gasteiger partial charge in [0.2, 0.25) is 0 Å². The van der Waals surface area contributed by atoms with Crippen LogP contribution >= 0.6 is 0 Å². The predicted molar refractivity (Wildman–Crippen MR) is 132 cm³/mol. The molecule has 1 aliphatic heterocycles. The van der Waals surface area contributed by atoms with Gasteiger partial charge in [-0.2, -0.15) is 0 Å². The fourth-order valence-electron chi connectivity index (χ4n) is 4.03. The van der Waals surface area contributed by atoms with Crippen molar-refractivity contribution >= 4 is 17.4 Å². The molecule has 1 saturated heterocycles. The van der Waals surface area contributed by atoms with E-state index in [9.17, 15) is 14.7 Å². The van der Waals surface area contributed by atoms with E-state index in [1.54, 1.807) is 79.1 Å². The molecule has 3 aromatic rings. The number of hydrogen-bond acceptors (Lipinski definition) is 6. The Morgan fingerprint density at radius 2 is 1.80 bits per heavy atom.